The Balaban J connectivity index is 1.51. The number of benzene rings is 2. The summed E-state index contributed by atoms with van der Waals surface area (Å²) in [5.74, 6) is -0.537. The number of hydrogen-bond acceptors (Lipinski definition) is 5. The van der Waals surface area contributed by atoms with Crippen LogP contribution in [0.15, 0.2) is 41.2 Å². The maximum Gasteiger partial charge on any atom is 0.415 e. The summed E-state index contributed by atoms with van der Waals surface area (Å²) in [6, 6.07) is 9.24. The number of halogens is 2. The van der Waals surface area contributed by atoms with E-state index in [1.165, 1.54) is 39.8 Å². The fourth-order valence-corrected chi connectivity index (χ4v) is 4.73. The van der Waals surface area contributed by atoms with Crippen molar-refractivity contribution in [2.24, 2.45) is 0 Å². The van der Waals surface area contributed by atoms with Gasteiger partial charge in [0.2, 0.25) is 5.88 Å². The SMILES string of the molecule is Cc1c(-n2c(O)c3n(c2=O)[C@H]2C[C@@H]3N(C(=O)Oc3ccc(F)cc3)C2)ccc(C#N)c1Cl. The first kappa shape index (κ1) is 20.2. The summed E-state index contributed by atoms with van der Waals surface area (Å²) < 4.78 is 21.1. The van der Waals surface area contributed by atoms with Crippen LogP contribution in [0.1, 0.15) is 35.3 Å². The van der Waals surface area contributed by atoms with E-state index in [9.17, 15) is 19.1 Å². The lowest BCUT2D eigenvalue weighted by atomic mass is 10.1. The molecule has 2 aliphatic rings. The van der Waals surface area contributed by atoms with Gasteiger partial charge in [-0.25, -0.2) is 18.5 Å². The molecule has 0 unspecified atom stereocenters. The minimum Gasteiger partial charge on any atom is -0.493 e. The summed E-state index contributed by atoms with van der Waals surface area (Å²) in [4.78, 5) is 27.4. The van der Waals surface area contributed by atoms with Gasteiger partial charge in [0.05, 0.1) is 28.4 Å². The number of carbonyl (C=O) groups is 1. The lowest BCUT2D eigenvalue weighted by molar-refractivity contribution is 0.140. The van der Waals surface area contributed by atoms with Crippen LogP contribution in [-0.2, 0) is 0 Å². The summed E-state index contributed by atoms with van der Waals surface area (Å²) in [5, 5.41) is 20.3. The zero-order chi connectivity index (χ0) is 22.7. The number of ether oxygens (including phenoxy) is 1. The van der Waals surface area contributed by atoms with Gasteiger partial charge in [0, 0.05) is 6.54 Å². The molecule has 3 heterocycles. The number of likely N-dealkylation sites (tertiary alicyclic amines) is 1. The van der Waals surface area contributed by atoms with Gasteiger partial charge in [-0.3, -0.25) is 9.47 Å². The molecule has 162 valence electrons. The molecule has 0 radical (unpaired) electrons. The minimum atomic E-state index is -0.646. The van der Waals surface area contributed by atoms with E-state index in [1.54, 1.807) is 13.0 Å². The van der Waals surface area contributed by atoms with Crippen LogP contribution in [0.2, 0.25) is 5.02 Å². The highest BCUT2D eigenvalue weighted by atomic mass is 35.5. The minimum absolute atomic E-state index is 0.196. The van der Waals surface area contributed by atoms with Gasteiger partial charge in [0.1, 0.15) is 23.3 Å². The molecule has 2 bridgehead atoms. The van der Waals surface area contributed by atoms with Crippen molar-refractivity contribution >= 4 is 17.7 Å². The fraction of sp³-hybridized carbons (Fsp3) is 0.227. The van der Waals surface area contributed by atoms with Crippen LogP contribution in [0.25, 0.3) is 5.69 Å². The molecule has 1 saturated heterocycles. The molecular formula is C22H16ClFN4O4. The van der Waals surface area contributed by atoms with Gasteiger partial charge < -0.3 is 9.84 Å². The maximum absolute atomic E-state index is 13.2. The second-order valence-electron chi connectivity index (χ2n) is 7.76. The van der Waals surface area contributed by atoms with E-state index < -0.39 is 23.6 Å². The van der Waals surface area contributed by atoms with Crippen molar-refractivity contribution in [3.05, 3.63) is 74.5 Å². The van der Waals surface area contributed by atoms with Gasteiger partial charge in [-0.15, -0.1) is 0 Å². The van der Waals surface area contributed by atoms with Gasteiger partial charge in [-0.2, -0.15) is 5.26 Å². The first-order valence-corrected chi connectivity index (χ1v) is 10.2. The monoisotopic (exact) mass is 454 g/mol. The molecule has 0 saturated carbocycles. The maximum atomic E-state index is 13.2. The molecule has 3 aromatic rings. The number of rotatable bonds is 2. The van der Waals surface area contributed by atoms with E-state index in [-0.39, 0.29) is 34.8 Å². The summed E-state index contributed by atoms with van der Waals surface area (Å²) >= 11 is 6.25. The van der Waals surface area contributed by atoms with E-state index >= 15 is 0 Å². The Morgan fingerprint density at radius 2 is 2.00 bits per heavy atom. The van der Waals surface area contributed by atoms with Gasteiger partial charge in [-0.05, 0) is 55.3 Å². The predicted octanol–water partition coefficient (Wildman–Crippen LogP) is 3.82. The third-order valence-corrected chi connectivity index (χ3v) is 6.52. The molecule has 5 rings (SSSR count). The highest BCUT2D eigenvalue weighted by molar-refractivity contribution is 6.32. The number of amides is 1. The van der Waals surface area contributed by atoms with Gasteiger partial charge >= 0.3 is 11.8 Å². The van der Waals surface area contributed by atoms with Gasteiger partial charge in [0.25, 0.3) is 0 Å². The Morgan fingerprint density at radius 1 is 1.28 bits per heavy atom. The summed E-state index contributed by atoms with van der Waals surface area (Å²) in [6.07, 6.45) is -0.169. The molecule has 1 aromatic heterocycles. The second kappa shape index (κ2) is 7.14. The van der Waals surface area contributed by atoms with Crippen LogP contribution in [-0.4, -0.2) is 31.8 Å². The second-order valence-corrected chi connectivity index (χ2v) is 8.14. The van der Waals surface area contributed by atoms with Crippen LogP contribution >= 0.6 is 11.6 Å². The van der Waals surface area contributed by atoms with Crippen LogP contribution in [0.5, 0.6) is 11.6 Å². The Bertz CT molecular complexity index is 1370. The molecule has 10 heteroatoms. The largest absolute Gasteiger partial charge is 0.493 e. The average molecular weight is 455 g/mol. The number of hydrogen-bond donors (Lipinski definition) is 1. The number of nitrogens with zero attached hydrogens (tertiary/aromatic N) is 4. The molecule has 1 N–H and O–H groups in total. The number of nitriles is 1. The van der Waals surface area contributed by atoms with Crippen molar-refractivity contribution in [1.29, 1.82) is 5.26 Å². The van der Waals surface area contributed by atoms with Crippen molar-refractivity contribution < 1.29 is 19.0 Å². The van der Waals surface area contributed by atoms with Crippen LogP contribution in [0, 0.1) is 24.1 Å². The quantitative estimate of drug-likeness (QED) is 0.634. The van der Waals surface area contributed by atoms with E-state index in [0.29, 0.717) is 23.4 Å². The molecule has 1 amide bonds. The molecule has 0 spiro atoms. The van der Waals surface area contributed by atoms with Crippen molar-refractivity contribution in [3.8, 4) is 23.4 Å². The molecule has 2 atom stereocenters. The lowest BCUT2D eigenvalue weighted by Gasteiger charge is -2.26. The van der Waals surface area contributed by atoms with Gasteiger partial charge in [-0.1, -0.05) is 11.6 Å². The summed E-state index contributed by atoms with van der Waals surface area (Å²) in [6.45, 7) is 1.91. The number of aromatic nitrogens is 2. The molecule has 2 aliphatic heterocycles. The van der Waals surface area contributed by atoms with E-state index in [2.05, 4.69) is 0 Å². The van der Waals surface area contributed by atoms with E-state index in [0.717, 1.165) is 4.57 Å². The Morgan fingerprint density at radius 3 is 2.69 bits per heavy atom. The first-order valence-electron chi connectivity index (χ1n) is 9.81. The Hall–Kier alpha value is -3.77. The van der Waals surface area contributed by atoms with Crippen molar-refractivity contribution in [2.75, 3.05) is 6.54 Å². The van der Waals surface area contributed by atoms with Crippen LogP contribution in [0.3, 0.4) is 0 Å². The summed E-state index contributed by atoms with van der Waals surface area (Å²) in [7, 11) is 0. The first-order chi connectivity index (χ1) is 15.3. The van der Waals surface area contributed by atoms with Crippen molar-refractivity contribution in [1.82, 2.24) is 14.0 Å². The van der Waals surface area contributed by atoms with Crippen LogP contribution in [0.4, 0.5) is 9.18 Å². The van der Waals surface area contributed by atoms with Gasteiger partial charge in [0.15, 0.2) is 0 Å². The predicted molar refractivity (Wildman–Crippen MR) is 112 cm³/mol. The number of aromatic hydroxyl groups is 1. The third-order valence-electron chi connectivity index (χ3n) is 6.03. The topological polar surface area (TPSA) is 100 Å². The standard InChI is InChI=1S/C22H16ClFN4O4/c1-11-16(7-2-12(9-25)18(11)23)28-20(29)19-17-8-14(27(19)21(28)30)10-26(17)22(31)32-15-5-3-13(24)4-6-15/h2-7,14,17,29H,8,10H2,1H3/t14-,17-/m0/s1. The molecule has 1 fully saturated rings. The zero-order valence-corrected chi connectivity index (χ0v) is 17.5. The molecular weight excluding hydrogens is 439 g/mol. The number of imidazole rings is 1. The number of carbonyl (C=O) groups excluding carboxylic acids is 1. The molecule has 32 heavy (non-hydrogen) atoms. The number of fused-ring (bicyclic) bond motifs is 5. The van der Waals surface area contributed by atoms with E-state index in [1.807, 2.05) is 6.07 Å². The molecule has 0 aliphatic carbocycles. The fourth-order valence-electron chi connectivity index (χ4n) is 4.53. The van der Waals surface area contributed by atoms with Crippen LogP contribution < -0.4 is 10.4 Å². The summed E-state index contributed by atoms with van der Waals surface area (Å²) in [5.41, 5.74) is 0.982. The van der Waals surface area contributed by atoms with Crippen molar-refractivity contribution in [2.45, 2.75) is 25.4 Å². The highest BCUT2D eigenvalue weighted by Crippen LogP contribution is 2.49. The molecule has 8 nitrogen and oxygen atoms in total. The van der Waals surface area contributed by atoms with Crippen molar-refractivity contribution in [3.63, 3.8) is 0 Å². The zero-order valence-electron chi connectivity index (χ0n) is 16.7. The Kier molecular flexibility index (Phi) is 4.50. The Labute approximate surface area is 186 Å². The highest BCUT2D eigenvalue weighted by Gasteiger charge is 2.50. The smallest absolute Gasteiger partial charge is 0.415 e. The third kappa shape index (κ3) is 2.80. The normalized spacial score (nSPS) is 18.5. The average Bonchev–Trinajstić information content (AvgIpc) is 3.44. The van der Waals surface area contributed by atoms with E-state index in [4.69, 9.17) is 21.6 Å². The lowest BCUT2D eigenvalue weighted by Crippen LogP contribution is -2.39. The molecule has 2 aromatic carbocycles.